The number of nitriles is 1. The standard InChI is InChI=1S/C12H17N3O2S/c1-4-17-11(16)10-8-18-12(14-10)15(9(2)3)7-5-6-13/h8-9H,4-5,7H2,1-3H3. The number of anilines is 1. The van der Waals surface area contributed by atoms with Crippen molar-refractivity contribution < 1.29 is 9.53 Å². The summed E-state index contributed by atoms with van der Waals surface area (Å²) in [5, 5.41) is 11.1. The summed E-state index contributed by atoms with van der Waals surface area (Å²) in [7, 11) is 0. The van der Waals surface area contributed by atoms with Crippen molar-refractivity contribution in [1.82, 2.24) is 4.98 Å². The van der Waals surface area contributed by atoms with Crippen LogP contribution in [-0.4, -0.2) is 30.1 Å². The highest BCUT2D eigenvalue weighted by Crippen LogP contribution is 2.23. The smallest absolute Gasteiger partial charge is 0.357 e. The lowest BCUT2D eigenvalue weighted by Crippen LogP contribution is -2.31. The first kappa shape index (κ1) is 14.5. The van der Waals surface area contributed by atoms with Gasteiger partial charge in [-0.3, -0.25) is 0 Å². The fourth-order valence-corrected chi connectivity index (χ4v) is 2.39. The third-order valence-electron chi connectivity index (χ3n) is 2.31. The second-order valence-corrected chi connectivity index (χ2v) is 4.77. The molecule has 5 nitrogen and oxygen atoms in total. The van der Waals surface area contributed by atoms with Gasteiger partial charge in [-0.25, -0.2) is 9.78 Å². The van der Waals surface area contributed by atoms with E-state index in [9.17, 15) is 4.79 Å². The molecule has 1 heterocycles. The summed E-state index contributed by atoms with van der Waals surface area (Å²) in [4.78, 5) is 17.8. The number of rotatable bonds is 6. The van der Waals surface area contributed by atoms with Crippen LogP contribution in [0.3, 0.4) is 0 Å². The summed E-state index contributed by atoms with van der Waals surface area (Å²) < 4.78 is 4.90. The molecule has 0 N–H and O–H groups in total. The van der Waals surface area contributed by atoms with Crippen molar-refractivity contribution in [2.75, 3.05) is 18.1 Å². The van der Waals surface area contributed by atoms with Gasteiger partial charge in [0.2, 0.25) is 0 Å². The molecule has 0 unspecified atom stereocenters. The summed E-state index contributed by atoms with van der Waals surface area (Å²) in [6, 6.07) is 2.35. The fraction of sp³-hybridized carbons (Fsp3) is 0.583. The van der Waals surface area contributed by atoms with E-state index in [0.717, 1.165) is 5.13 Å². The zero-order chi connectivity index (χ0) is 13.5. The molecule has 0 aliphatic heterocycles. The molecule has 6 heteroatoms. The van der Waals surface area contributed by atoms with Gasteiger partial charge in [-0.1, -0.05) is 0 Å². The Kier molecular flexibility index (Phi) is 5.59. The second kappa shape index (κ2) is 6.97. The quantitative estimate of drug-likeness (QED) is 0.741. The summed E-state index contributed by atoms with van der Waals surface area (Å²) in [5.74, 6) is -0.399. The summed E-state index contributed by atoms with van der Waals surface area (Å²) in [6.45, 7) is 6.78. The van der Waals surface area contributed by atoms with Crippen LogP contribution in [0.2, 0.25) is 0 Å². The van der Waals surface area contributed by atoms with E-state index >= 15 is 0 Å². The Hall–Kier alpha value is -1.61. The number of carbonyl (C=O) groups excluding carboxylic acids is 1. The van der Waals surface area contributed by atoms with Crippen LogP contribution in [0.5, 0.6) is 0 Å². The molecule has 0 saturated heterocycles. The number of esters is 1. The van der Waals surface area contributed by atoms with Crippen molar-refractivity contribution >= 4 is 22.4 Å². The van der Waals surface area contributed by atoms with E-state index in [1.807, 2.05) is 18.7 Å². The van der Waals surface area contributed by atoms with Crippen LogP contribution in [0.25, 0.3) is 0 Å². The van der Waals surface area contributed by atoms with Gasteiger partial charge in [0.05, 0.1) is 19.1 Å². The van der Waals surface area contributed by atoms with Crippen molar-refractivity contribution in [3.05, 3.63) is 11.1 Å². The van der Waals surface area contributed by atoms with Crippen LogP contribution < -0.4 is 4.90 Å². The molecule has 0 radical (unpaired) electrons. The second-order valence-electron chi connectivity index (χ2n) is 3.93. The van der Waals surface area contributed by atoms with Crippen LogP contribution in [-0.2, 0) is 4.74 Å². The molecule has 1 aromatic heterocycles. The van der Waals surface area contributed by atoms with E-state index < -0.39 is 5.97 Å². The van der Waals surface area contributed by atoms with Gasteiger partial charge in [0.1, 0.15) is 0 Å². The van der Waals surface area contributed by atoms with Gasteiger partial charge < -0.3 is 9.64 Å². The minimum Gasteiger partial charge on any atom is -0.461 e. The lowest BCUT2D eigenvalue weighted by atomic mass is 10.3. The molecule has 98 valence electrons. The molecule has 1 aromatic rings. The maximum Gasteiger partial charge on any atom is 0.357 e. The Morgan fingerprint density at radius 1 is 1.67 bits per heavy atom. The minimum absolute atomic E-state index is 0.236. The molecular weight excluding hydrogens is 250 g/mol. The lowest BCUT2D eigenvalue weighted by molar-refractivity contribution is 0.0520. The topological polar surface area (TPSA) is 66.2 Å². The normalized spacial score (nSPS) is 10.2. The molecule has 1 rings (SSSR count). The first-order chi connectivity index (χ1) is 8.60. The van der Waals surface area contributed by atoms with Gasteiger partial charge in [-0.05, 0) is 20.8 Å². The molecule has 0 aliphatic rings. The van der Waals surface area contributed by atoms with Gasteiger partial charge >= 0.3 is 5.97 Å². The Labute approximate surface area is 111 Å². The van der Waals surface area contributed by atoms with Crippen molar-refractivity contribution in [2.24, 2.45) is 0 Å². The first-order valence-corrected chi connectivity index (χ1v) is 6.74. The zero-order valence-electron chi connectivity index (χ0n) is 10.8. The van der Waals surface area contributed by atoms with Gasteiger partial charge in [0.25, 0.3) is 0 Å². The Balaban J connectivity index is 2.81. The molecule has 18 heavy (non-hydrogen) atoms. The van der Waals surface area contributed by atoms with Gasteiger partial charge in [-0.15, -0.1) is 11.3 Å². The van der Waals surface area contributed by atoms with Crippen molar-refractivity contribution in [3.8, 4) is 6.07 Å². The van der Waals surface area contributed by atoms with Crippen LogP contribution in [0.4, 0.5) is 5.13 Å². The molecular formula is C12H17N3O2S. The van der Waals surface area contributed by atoms with E-state index in [0.29, 0.717) is 25.3 Å². The number of carbonyl (C=O) groups is 1. The van der Waals surface area contributed by atoms with Gasteiger partial charge in [0.15, 0.2) is 10.8 Å². The summed E-state index contributed by atoms with van der Waals surface area (Å²) >= 11 is 1.40. The van der Waals surface area contributed by atoms with Crippen molar-refractivity contribution in [1.29, 1.82) is 5.26 Å². The maximum atomic E-state index is 11.5. The monoisotopic (exact) mass is 267 g/mol. The Morgan fingerprint density at radius 2 is 2.39 bits per heavy atom. The average molecular weight is 267 g/mol. The lowest BCUT2D eigenvalue weighted by Gasteiger charge is -2.24. The molecule has 0 atom stereocenters. The molecule has 0 aliphatic carbocycles. The van der Waals surface area contributed by atoms with E-state index in [4.69, 9.17) is 10.00 Å². The number of aromatic nitrogens is 1. The number of hydrogen-bond donors (Lipinski definition) is 0. The highest BCUT2D eigenvalue weighted by molar-refractivity contribution is 7.13. The summed E-state index contributed by atoms with van der Waals surface area (Å²) in [5.41, 5.74) is 0.333. The predicted octanol–water partition coefficient (Wildman–Crippen LogP) is 2.45. The van der Waals surface area contributed by atoms with Gasteiger partial charge in [-0.2, -0.15) is 5.26 Å². The number of ether oxygens (including phenoxy) is 1. The highest BCUT2D eigenvalue weighted by atomic mass is 32.1. The molecule has 0 bridgehead atoms. The predicted molar refractivity (Wildman–Crippen MR) is 70.8 cm³/mol. The number of nitrogens with zero attached hydrogens (tertiary/aromatic N) is 3. The molecule has 0 spiro atoms. The zero-order valence-corrected chi connectivity index (χ0v) is 11.7. The first-order valence-electron chi connectivity index (χ1n) is 5.86. The van der Waals surface area contributed by atoms with Crippen molar-refractivity contribution in [3.63, 3.8) is 0 Å². The highest BCUT2D eigenvalue weighted by Gasteiger charge is 2.17. The summed E-state index contributed by atoms with van der Waals surface area (Å²) in [6.07, 6.45) is 0.437. The average Bonchev–Trinajstić information content (AvgIpc) is 2.79. The number of hydrogen-bond acceptors (Lipinski definition) is 6. The van der Waals surface area contributed by atoms with E-state index in [1.54, 1.807) is 12.3 Å². The number of thiazole rings is 1. The van der Waals surface area contributed by atoms with E-state index in [1.165, 1.54) is 11.3 Å². The van der Waals surface area contributed by atoms with Crippen molar-refractivity contribution in [2.45, 2.75) is 33.2 Å². The SMILES string of the molecule is CCOC(=O)c1csc(N(CCC#N)C(C)C)n1. The largest absolute Gasteiger partial charge is 0.461 e. The Bertz CT molecular complexity index is 437. The van der Waals surface area contributed by atoms with Crippen LogP contribution in [0.15, 0.2) is 5.38 Å². The molecule has 0 aromatic carbocycles. The third-order valence-corrected chi connectivity index (χ3v) is 3.19. The molecule has 0 saturated carbocycles. The molecule has 0 fully saturated rings. The molecule has 0 amide bonds. The van der Waals surface area contributed by atoms with Crippen LogP contribution in [0.1, 0.15) is 37.7 Å². The van der Waals surface area contributed by atoms with Crippen LogP contribution in [0, 0.1) is 11.3 Å². The third kappa shape index (κ3) is 3.70. The maximum absolute atomic E-state index is 11.5. The van der Waals surface area contributed by atoms with Gasteiger partial charge in [0, 0.05) is 18.0 Å². The minimum atomic E-state index is -0.399. The fourth-order valence-electron chi connectivity index (χ4n) is 1.44. The Morgan fingerprint density at radius 3 is 2.94 bits per heavy atom. The van der Waals surface area contributed by atoms with Crippen LogP contribution >= 0.6 is 11.3 Å². The van der Waals surface area contributed by atoms with E-state index in [-0.39, 0.29) is 6.04 Å². The van der Waals surface area contributed by atoms with E-state index in [2.05, 4.69) is 11.1 Å².